The van der Waals surface area contributed by atoms with Crippen molar-refractivity contribution in [2.24, 2.45) is 0 Å². The molecule has 0 aliphatic heterocycles. The second kappa shape index (κ2) is 69.8. The Bertz CT molecular complexity index is 1800. The Morgan fingerprint density at radius 3 is 0.771 bits per heavy atom. The Balaban J connectivity index is 4.11. The number of hydrogen-bond acceptors (Lipinski definition) is 6. The summed E-state index contributed by atoms with van der Waals surface area (Å²) in [5, 5.41) is 0. The molecule has 0 saturated heterocycles. The van der Waals surface area contributed by atoms with Gasteiger partial charge in [-0.05, 0) is 116 Å². The Kier molecular flexibility index (Phi) is 65.8. The normalized spacial score (nSPS) is 13.0. The van der Waals surface area contributed by atoms with E-state index in [1.807, 2.05) is 0 Å². The molecule has 0 radical (unpaired) electrons. The summed E-state index contributed by atoms with van der Waals surface area (Å²) in [5.74, 6) is -0.964. The van der Waals surface area contributed by atoms with Crippen LogP contribution < -0.4 is 0 Å². The average molecular weight is 1150 g/mol. The fourth-order valence-electron chi connectivity index (χ4n) is 9.28. The molecule has 0 N–H and O–H groups in total. The highest BCUT2D eigenvalue weighted by atomic mass is 16.6. The Hall–Kier alpha value is -4.71. The van der Waals surface area contributed by atoms with E-state index in [4.69, 9.17) is 14.2 Å². The van der Waals surface area contributed by atoms with Gasteiger partial charge in [-0.3, -0.25) is 14.4 Å². The molecule has 0 heterocycles. The molecule has 0 saturated carbocycles. The molecule has 0 aromatic rings. The van der Waals surface area contributed by atoms with Crippen molar-refractivity contribution in [1.29, 1.82) is 0 Å². The molecule has 0 aromatic heterocycles. The van der Waals surface area contributed by atoms with Crippen molar-refractivity contribution in [2.45, 2.75) is 309 Å². The second-order valence-electron chi connectivity index (χ2n) is 22.3. The summed E-state index contributed by atoms with van der Waals surface area (Å²) >= 11 is 0. The van der Waals surface area contributed by atoms with E-state index in [1.54, 1.807) is 0 Å². The van der Waals surface area contributed by atoms with E-state index in [9.17, 15) is 14.4 Å². The summed E-state index contributed by atoms with van der Waals surface area (Å²) in [5.41, 5.74) is 0. The number of carbonyl (C=O) groups excluding carboxylic acids is 3. The number of allylic oxidation sites excluding steroid dienone is 24. The Labute approximate surface area is 512 Å². The molecule has 0 aromatic carbocycles. The van der Waals surface area contributed by atoms with Crippen LogP contribution in [0.25, 0.3) is 0 Å². The van der Waals surface area contributed by atoms with E-state index in [-0.39, 0.29) is 37.5 Å². The predicted molar refractivity (Wildman–Crippen MR) is 362 cm³/mol. The predicted octanol–water partition coefficient (Wildman–Crippen LogP) is 23.9. The zero-order valence-corrected chi connectivity index (χ0v) is 53.9. The maximum atomic E-state index is 12.8. The van der Waals surface area contributed by atoms with E-state index in [0.717, 1.165) is 122 Å². The van der Waals surface area contributed by atoms with Gasteiger partial charge in [0.15, 0.2) is 6.10 Å². The Morgan fingerprint density at radius 1 is 0.253 bits per heavy atom. The first-order chi connectivity index (χ1) is 41.0. The highest BCUT2D eigenvalue weighted by Gasteiger charge is 2.19. The largest absolute Gasteiger partial charge is 0.462 e. The summed E-state index contributed by atoms with van der Waals surface area (Å²) in [7, 11) is 0. The summed E-state index contributed by atoms with van der Waals surface area (Å²) in [6, 6.07) is 0. The van der Waals surface area contributed by atoms with E-state index in [1.165, 1.54) is 135 Å². The maximum absolute atomic E-state index is 12.8. The van der Waals surface area contributed by atoms with Crippen molar-refractivity contribution in [3.8, 4) is 0 Å². The lowest BCUT2D eigenvalue weighted by Crippen LogP contribution is -2.30. The van der Waals surface area contributed by atoms with Crippen LogP contribution in [0, 0.1) is 0 Å². The molecule has 6 heteroatoms. The van der Waals surface area contributed by atoms with Crippen LogP contribution in [0.3, 0.4) is 0 Å². The first kappa shape index (κ1) is 78.3. The minimum atomic E-state index is -0.810. The highest BCUT2D eigenvalue weighted by Crippen LogP contribution is 2.17. The second-order valence-corrected chi connectivity index (χ2v) is 22.3. The maximum Gasteiger partial charge on any atom is 0.306 e. The van der Waals surface area contributed by atoms with Gasteiger partial charge in [-0.25, -0.2) is 0 Å². The monoisotopic (exact) mass is 1150 g/mol. The van der Waals surface area contributed by atoms with Crippen LogP contribution in [-0.2, 0) is 28.6 Å². The number of carbonyl (C=O) groups is 3. The van der Waals surface area contributed by atoms with E-state index in [0.29, 0.717) is 19.3 Å². The molecule has 83 heavy (non-hydrogen) atoms. The number of ether oxygens (including phenoxy) is 3. The van der Waals surface area contributed by atoms with Gasteiger partial charge in [0.05, 0.1) is 0 Å². The number of rotatable bonds is 61. The first-order valence-corrected chi connectivity index (χ1v) is 34.3. The fraction of sp³-hybridized carbons (Fsp3) is 0.649. The van der Waals surface area contributed by atoms with E-state index >= 15 is 0 Å². The van der Waals surface area contributed by atoms with Crippen LogP contribution in [0.5, 0.6) is 0 Å². The summed E-state index contributed by atoms with van der Waals surface area (Å²) in [4.78, 5) is 38.1. The molecule has 1 unspecified atom stereocenters. The van der Waals surface area contributed by atoms with Gasteiger partial charge in [0.25, 0.3) is 0 Å². The third-order valence-electron chi connectivity index (χ3n) is 14.3. The van der Waals surface area contributed by atoms with Gasteiger partial charge < -0.3 is 14.2 Å². The average Bonchev–Trinajstić information content (AvgIpc) is 3.50. The van der Waals surface area contributed by atoms with Crippen molar-refractivity contribution in [3.63, 3.8) is 0 Å². The van der Waals surface area contributed by atoms with Crippen LogP contribution in [-0.4, -0.2) is 37.2 Å². The molecule has 0 aliphatic rings. The van der Waals surface area contributed by atoms with Crippen molar-refractivity contribution < 1.29 is 28.6 Å². The fourth-order valence-corrected chi connectivity index (χ4v) is 9.28. The van der Waals surface area contributed by atoms with Crippen molar-refractivity contribution in [3.05, 3.63) is 146 Å². The third kappa shape index (κ3) is 68.0. The Morgan fingerprint density at radius 2 is 0.482 bits per heavy atom. The van der Waals surface area contributed by atoms with Crippen LogP contribution in [0.1, 0.15) is 303 Å². The molecule has 0 aliphatic carbocycles. The van der Waals surface area contributed by atoms with Crippen LogP contribution in [0.15, 0.2) is 146 Å². The molecule has 0 rings (SSSR count). The zero-order chi connectivity index (χ0) is 59.9. The summed E-state index contributed by atoms with van der Waals surface area (Å²) < 4.78 is 16.8. The molecule has 0 amide bonds. The lowest BCUT2D eigenvalue weighted by Gasteiger charge is -2.18. The van der Waals surface area contributed by atoms with Gasteiger partial charge in [0, 0.05) is 19.3 Å². The quantitative estimate of drug-likeness (QED) is 0.0261. The minimum absolute atomic E-state index is 0.102. The van der Waals surface area contributed by atoms with Gasteiger partial charge in [-0.1, -0.05) is 314 Å². The highest BCUT2D eigenvalue weighted by molar-refractivity contribution is 5.71. The van der Waals surface area contributed by atoms with Gasteiger partial charge in [-0.2, -0.15) is 0 Å². The molecule has 470 valence electrons. The van der Waals surface area contributed by atoms with Crippen LogP contribution >= 0.6 is 0 Å². The first-order valence-electron chi connectivity index (χ1n) is 34.3. The number of hydrogen-bond donors (Lipinski definition) is 0. The number of esters is 3. The third-order valence-corrected chi connectivity index (χ3v) is 14.3. The van der Waals surface area contributed by atoms with Crippen LogP contribution in [0.4, 0.5) is 0 Å². The van der Waals surface area contributed by atoms with Gasteiger partial charge in [-0.15, -0.1) is 0 Å². The summed E-state index contributed by atoms with van der Waals surface area (Å²) in [6.45, 7) is 6.33. The van der Waals surface area contributed by atoms with Crippen molar-refractivity contribution >= 4 is 17.9 Å². The van der Waals surface area contributed by atoms with E-state index < -0.39 is 6.10 Å². The lowest BCUT2D eigenvalue weighted by atomic mass is 10.0. The molecular weight excluding hydrogens is 1020 g/mol. The van der Waals surface area contributed by atoms with Crippen LogP contribution in [0.2, 0.25) is 0 Å². The molecular formula is C77H126O6. The molecule has 0 fully saturated rings. The topological polar surface area (TPSA) is 78.9 Å². The SMILES string of the molecule is CC/C=C\C/C=C\C/C=C\C/C=C\C/C=C\C/C=C\C/C=C\CCCC(=O)OC(COC(=O)CCCCCCCCC)COC(=O)CCCCCCCCCCCCCCCCCCCCC/C=C\C/C=C\C/C=C\C/C=C\C/C=C\CC. The smallest absolute Gasteiger partial charge is 0.306 e. The van der Waals surface area contributed by atoms with Gasteiger partial charge in [0.1, 0.15) is 13.2 Å². The van der Waals surface area contributed by atoms with Crippen molar-refractivity contribution in [1.82, 2.24) is 0 Å². The van der Waals surface area contributed by atoms with Gasteiger partial charge in [0.2, 0.25) is 0 Å². The molecule has 0 spiro atoms. The molecule has 6 nitrogen and oxygen atoms in total. The van der Waals surface area contributed by atoms with Crippen molar-refractivity contribution in [2.75, 3.05) is 13.2 Å². The number of unbranched alkanes of at least 4 members (excludes halogenated alkanes) is 26. The summed E-state index contributed by atoms with van der Waals surface area (Å²) in [6.07, 6.45) is 101. The van der Waals surface area contributed by atoms with Gasteiger partial charge >= 0.3 is 17.9 Å². The molecule has 0 bridgehead atoms. The standard InChI is InChI=1S/C77H126O6/c1-4-7-10-13-16-18-20-22-24-26-28-30-32-33-34-35-36-37-38-39-40-41-42-43-45-46-48-50-52-54-56-58-61-64-67-70-76(79)82-73-74(72-81-75(78)69-66-63-60-15-12-9-6-3)83-77(80)71-68-65-62-59-57-55-53-51-49-47-44-31-29-27-25-23-21-19-17-14-11-8-5-2/h7-8,10-11,16-19,22-25,28-31,33-34,47,49,53,55,59,62,74H,4-6,9,12-15,20-21,26-27,32,35-46,48,50-52,54,56-58,60-61,63-73H2,1-3H3/b10-7-,11-8-,18-16-,19-17-,24-22-,25-23-,30-28-,31-29-,34-33-,49-47-,55-53-,62-59-. The molecule has 1 atom stereocenters. The zero-order valence-electron chi connectivity index (χ0n) is 53.9. The lowest BCUT2D eigenvalue weighted by molar-refractivity contribution is -0.167. The van der Waals surface area contributed by atoms with E-state index in [2.05, 4.69) is 167 Å². The minimum Gasteiger partial charge on any atom is -0.462 e.